The Labute approximate surface area is 111 Å². The molecule has 19 heavy (non-hydrogen) atoms. The van der Waals surface area contributed by atoms with E-state index >= 15 is 0 Å². The van der Waals surface area contributed by atoms with Crippen molar-refractivity contribution < 1.29 is 9.59 Å². The van der Waals surface area contributed by atoms with E-state index in [1.165, 1.54) is 0 Å². The van der Waals surface area contributed by atoms with E-state index in [1.807, 2.05) is 0 Å². The number of hydrogen-bond donors (Lipinski definition) is 2. The molecule has 1 fully saturated rings. The van der Waals surface area contributed by atoms with Crippen molar-refractivity contribution in [3.63, 3.8) is 0 Å². The Morgan fingerprint density at radius 2 is 2.37 bits per heavy atom. The fourth-order valence-corrected chi connectivity index (χ4v) is 2.34. The van der Waals surface area contributed by atoms with Gasteiger partial charge in [-0.25, -0.2) is 4.98 Å². The Morgan fingerprint density at radius 1 is 1.58 bits per heavy atom. The minimum Gasteiger partial charge on any atom is -0.357 e. The third kappa shape index (κ3) is 2.76. The SMILES string of the molecule is CNC(=O)C1CCCN1C(=O)c1cn(CCN)cn1. The topological polar surface area (TPSA) is 93.2 Å². The Hall–Kier alpha value is -1.89. The lowest BCUT2D eigenvalue weighted by molar-refractivity contribution is -0.124. The van der Waals surface area contributed by atoms with Crippen molar-refractivity contribution >= 4 is 11.8 Å². The second kappa shape index (κ2) is 5.83. The van der Waals surface area contributed by atoms with Crippen LogP contribution in [-0.2, 0) is 11.3 Å². The van der Waals surface area contributed by atoms with Crippen LogP contribution >= 0.6 is 0 Å². The lowest BCUT2D eigenvalue weighted by Crippen LogP contribution is -2.45. The van der Waals surface area contributed by atoms with Gasteiger partial charge in [-0.05, 0) is 12.8 Å². The first-order valence-corrected chi connectivity index (χ1v) is 6.41. The number of nitrogens with two attached hydrogens (primary N) is 1. The maximum absolute atomic E-state index is 12.3. The second-order valence-electron chi connectivity index (χ2n) is 4.56. The average Bonchev–Trinajstić information content (AvgIpc) is 3.06. The normalized spacial score (nSPS) is 18.6. The molecule has 1 aliphatic heterocycles. The van der Waals surface area contributed by atoms with Crippen LogP contribution in [0.15, 0.2) is 12.5 Å². The molecule has 0 aromatic carbocycles. The molecule has 7 nitrogen and oxygen atoms in total. The van der Waals surface area contributed by atoms with Crippen molar-refractivity contribution in [3.8, 4) is 0 Å². The van der Waals surface area contributed by atoms with Gasteiger partial charge in [0, 0.05) is 32.9 Å². The first-order chi connectivity index (χ1) is 9.17. The van der Waals surface area contributed by atoms with Crippen molar-refractivity contribution in [2.45, 2.75) is 25.4 Å². The van der Waals surface area contributed by atoms with E-state index in [0.29, 0.717) is 31.7 Å². The number of amides is 2. The standard InChI is InChI=1S/C12H19N5O2/c1-14-11(18)10-3-2-5-17(10)12(19)9-7-16(6-4-13)8-15-9/h7-8,10H,2-6,13H2,1H3,(H,14,18). The van der Waals surface area contributed by atoms with Crippen LogP contribution in [0.3, 0.4) is 0 Å². The molecule has 1 saturated heterocycles. The van der Waals surface area contributed by atoms with Crippen LogP contribution in [0.5, 0.6) is 0 Å². The number of imidazole rings is 1. The smallest absolute Gasteiger partial charge is 0.274 e. The van der Waals surface area contributed by atoms with Gasteiger partial charge >= 0.3 is 0 Å². The van der Waals surface area contributed by atoms with Crippen molar-refractivity contribution in [1.29, 1.82) is 0 Å². The fourth-order valence-electron chi connectivity index (χ4n) is 2.34. The summed E-state index contributed by atoms with van der Waals surface area (Å²) < 4.78 is 1.78. The molecule has 2 amide bonds. The lowest BCUT2D eigenvalue weighted by atomic mass is 10.2. The molecule has 1 aromatic heterocycles. The van der Waals surface area contributed by atoms with E-state index in [4.69, 9.17) is 5.73 Å². The van der Waals surface area contributed by atoms with Gasteiger partial charge in [-0.1, -0.05) is 0 Å². The van der Waals surface area contributed by atoms with Crippen LogP contribution in [0.25, 0.3) is 0 Å². The molecule has 0 bridgehead atoms. The average molecular weight is 265 g/mol. The molecular weight excluding hydrogens is 246 g/mol. The summed E-state index contributed by atoms with van der Waals surface area (Å²) in [4.78, 5) is 29.7. The summed E-state index contributed by atoms with van der Waals surface area (Å²) in [5, 5.41) is 2.59. The van der Waals surface area contributed by atoms with Crippen LogP contribution in [0, 0.1) is 0 Å². The minimum atomic E-state index is -0.378. The predicted octanol–water partition coefficient (Wildman–Crippen LogP) is -0.808. The molecule has 0 spiro atoms. The zero-order chi connectivity index (χ0) is 13.8. The summed E-state index contributed by atoms with van der Waals surface area (Å²) in [6.45, 7) is 1.72. The lowest BCUT2D eigenvalue weighted by Gasteiger charge is -2.22. The number of nitrogens with zero attached hydrogens (tertiary/aromatic N) is 3. The van der Waals surface area contributed by atoms with Gasteiger partial charge < -0.3 is 20.5 Å². The van der Waals surface area contributed by atoms with Crippen LogP contribution in [0.4, 0.5) is 0 Å². The summed E-state index contributed by atoms with van der Waals surface area (Å²) in [6.07, 6.45) is 4.81. The molecule has 1 atom stereocenters. The summed E-state index contributed by atoms with van der Waals surface area (Å²) in [5.74, 6) is -0.311. The molecule has 2 heterocycles. The zero-order valence-electron chi connectivity index (χ0n) is 11.0. The second-order valence-corrected chi connectivity index (χ2v) is 4.56. The van der Waals surface area contributed by atoms with Gasteiger partial charge in [0.1, 0.15) is 11.7 Å². The molecule has 3 N–H and O–H groups in total. The number of carbonyl (C=O) groups is 2. The number of rotatable bonds is 4. The maximum Gasteiger partial charge on any atom is 0.274 e. The molecular formula is C12H19N5O2. The number of hydrogen-bond acceptors (Lipinski definition) is 4. The van der Waals surface area contributed by atoms with Crippen molar-refractivity contribution in [1.82, 2.24) is 19.8 Å². The van der Waals surface area contributed by atoms with E-state index in [1.54, 1.807) is 29.0 Å². The molecule has 1 aromatic rings. The van der Waals surface area contributed by atoms with Crippen LogP contribution in [0.2, 0.25) is 0 Å². The molecule has 7 heteroatoms. The van der Waals surface area contributed by atoms with Gasteiger partial charge in [0.25, 0.3) is 5.91 Å². The number of likely N-dealkylation sites (tertiary alicyclic amines) is 1. The van der Waals surface area contributed by atoms with E-state index < -0.39 is 0 Å². The Balaban J connectivity index is 2.11. The summed E-state index contributed by atoms with van der Waals surface area (Å²) in [6, 6.07) is -0.378. The quantitative estimate of drug-likeness (QED) is 0.744. The Morgan fingerprint density at radius 3 is 3.05 bits per heavy atom. The van der Waals surface area contributed by atoms with Gasteiger partial charge in [0.15, 0.2) is 0 Å². The highest BCUT2D eigenvalue weighted by Crippen LogP contribution is 2.19. The van der Waals surface area contributed by atoms with Crippen molar-refractivity contribution in [2.75, 3.05) is 20.1 Å². The summed E-state index contributed by atoms with van der Waals surface area (Å²) in [5.41, 5.74) is 5.82. The first kappa shape index (κ1) is 13.5. The molecule has 104 valence electrons. The van der Waals surface area contributed by atoms with Crippen molar-refractivity contribution in [3.05, 3.63) is 18.2 Å². The van der Waals surface area contributed by atoms with Crippen molar-refractivity contribution in [2.24, 2.45) is 5.73 Å². The highest BCUT2D eigenvalue weighted by Gasteiger charge is 2.34. The first-order valence-electron chi connectivity index (χ1n) is 6.41. The monoisotopic (exact) mass is 265 g/mol. The largest absolute Gasteiger partial charge is 0.357 e. The van der Waals surface area contributed by atoms with Crippen LogP contribution in [-0.4, -0.2) is 52.4 Å². The Kier molecular flexibility index (Phi) is 4.16. The molecule has 1 unspecified atom stereocenters. The maximum atomic E-state index is 12.3. The Bertz CT molecular complexity index is 470. The van der Waals surface area contributed by atoms with Crippen LogP contribution < -0.4 is 11.1 Å². The number of aromatic nitrogens is 2. The molecule has 0 radical (unpaired) electrons. The molecule has 0 saturated carbocycles. The highest BCUT2D eigenvalue weighted by atomic mass is 16.2. The molecule has 1 aliphatic rings. The predicted molar refractivity (Wildman–Crippen MR) is 69.4 cm³/mol. The van der Waals surface area contributed by atoms with Gasteiger partial charge in [-0.2, -0.15) is 0 Å². The van der Waals surface area contributed by atoms with E-state index in [2.05, 4.69) is 10.3 Å². The van der Waals surface area contributed by atoms with E-state index in [0.717, 1.165) is 6.42 Å². The van der Waals surface area contributed by atoms with Gasteiger partial charge in [0.2, 0.25) is 5.91 Å². The van der Waals surface area contributed by atoms with E-state index in [9.17, 15) is 9.59 Å². The third-order valence-corrected chi connectivity index (χ3v) is 3.30. The zero-order valence-corrected chi connectivity index (χ0v) is 11.0. The molecule has 2 rings (SSSR count). The van der Waals surface area contributed by atoms with Gasteiger partial charge in [0.05, 0.1) is 6.33 Å². The number of likely N-dealkylation sites (N-methyl/N-ethyl adjacent to an activating group) is 1. The highest BCUT2D eigenvalue weighted by molar-refractivity contribution is 5.96. The molecule has 0 aliphatic carbocycles. The fraction of sp³-hybridized carbons (Fsp3) is 0.583. The number of carbonyl (C=O) groups excluding carboxylic acids is 2. The number of nitrogens with one attached hydrogen (secondary N) is 1. The minimum absolute atomic E-state index is 0.118. The van der Waals surface area contributed by atoms with Crippen LogP contribution in [0.1, 0.15) is 23.3 Å². The van der Waals surface area contributed by atoms with Gasteiger partial charge in [-0.3, -0.25) is 9.59 Å². The van der Waals surface area contributed by atoms with E-state index in [-0.39, 0.29) is 17.9 Å². The summed E-state index contributed by atoms with van der Waals surface area (Å²) >= 11 is 0. The third-order valence-electron chi connectivity index (χ3n) is 3.30. The summed E-state index contributed by atoms with van der Waals surface area (Å²) in [7, 11) is 1.58. The van der Waals surface area contributed by atoms with Gasteiger partial charge in [-0.15, -0.1) is 0 Å².